The van der Waals surface area contributed by atoms with E-state index in [1.54, 1.807) is 0 Å². The van der Waals surface area contributed by atoms with Crippen LogP contribution in [0.15, 0.2) is 114 Å². The van der Waals surface area contributed by atoms with Crippen LogP contribution in [-0.4, -0.2) is 0 Å². The first-order chi connectivity index (χ1) is 12.9. The monoisotopic (exact) mass is 332 g/mol. The van der Waals surface area contributed by atoms with Gasteiger partial charge in [-0.15, -0.1) is 0 Å². The quantitative estimate of drug-likeness (QED) is 0.516. The molecule has 0 bridgehead atoms. The molecule has 0 unspecified atom stereocenters. The third-order valence-electron chi connectivity index (χ3n) is 5.38. The van der Waals surface area contributed by atoms with E-state index in [0.29, 0.717) is 5.92 Å². The Hall–Kier alpha value is -3.12. The number of hydrogen-bond donors (Lipinski definition) is 0. The van der Waals surface area contributed by atoms with E-state index < -0.39 is 0 Å². The van der Waals surface area contributed by atoms with Crippen molar-refractivity contribution in [2.75, 3.05) is 0 Å². The molecule has 0 radical (unpaired) electrons. The molecule has 0 saturated carbocycles. The summed E-state index contributed by atoms with van der Waals surface area (Å²) in [6.45, 7) is 0. The first-order valence-corrected chi connectivity index (χ1v) is 9.22. The number of benzene rings is 3. The third-order valence-corrected chi connectivity index (χ3v) is 5.38. The highest BCUT2D eigenvalue weighted by molar-refractivity contribution is 5.81. The summed E-state index contributed by atoms with van der Waals surface area (Å²) < 4.78 is 0. The minimum absolute atomic E-state index is 0.348. The Kier molecular flexibility index (Phi) is 3.68. The highest BCUT2D eigenvalue weighted by Gasteiger charge is 2.30. The molecule has 0 nitrogen and oxygen atoms in total. The molecule has 0 amide bonds. The van der Waals surface area contributed by atoms with Crippen LogP contribution >= 0.6 is 0 Å². The van der Waals surface area contributed by atoms with E-state index in [4.69, 9.17) is 0 Å². The van der Waals surface area contributed by atoms with Gasteiger partial charge in [-0.1, -0.05) is 103 Å². The summed E-state index contributed by atoms with van der Waals surface area (Å²) >= 11 is 0. The van der Waals surface area contributed by atoms with Crippen molar-refractivity contribution in [1.82, 2.24) is 0 Å². The standard InChI is InChI=1S/C26H20/c1-2-8-19(9-3-1)14-15-20-16-17-21(18-20)26-24-12-6-4-10-22(24)23-11-5-7-13-25(23)26/h1-13,15-18,26H,14H2. The van der Waals surface area contributed by atoms with Crippen LogP contribution < -0.4 is 0 Å². The summed E-state index contributed by atoms with van der Waals surface area (Å²) in [5, 5.41) is 0. The molecular formula is C26H20. The summed E-state index contributed by atoms with van der Waals surface area (Å²) in [5.74, 6) is 0.348. The fourth-order valence-corrected chi connectivity index (χ4v) is 4.15. The molecule has 0 aromatic heterocycles. The van der Waals surface area contributed by atoms with Crippen LogP contribution in [-0.2, 0) is 6.42 Å². The van der Waals surface area contributed by atoms with Crippen molar-refractivity contribution >= 4 is 0 Å². The van der Waals surface area contributed by atoms with Crippen LogP contribution in [0.1, 0.15) is 22.6 Å². The van der Waals surface area contributed by atoms with Crippen LogP contribution in [0.3, 0.4) is 0 Å². The van der Waals surface area contributed by atoms with Gasteiger partial charge in [0.1, 0.15) is 0 Å². The van der Waals surface area contributed by atoms with Gasteiger partial charge in [-0.2, -0.15) is 0 Å². The third kappa shape index (κ3) is 2.55. The Bertz CT molecular complexity index is 1000. The molecule has 0 saturated heterocycles. The van der Waals surface area contributed by atoms with Crippen LogP contribution in [0.5, 0.6) is 0 Å². The fourth-order valence-electron chi connectivity index (χ4n) is 4.15. The van der Waals surface area contributed by atoms with Crippen molar-refractivity contribution in [2.24, 2.45) is 0 Å². The molecule has 0 spiro atoms. The average Bonchev–Trinajstić information content (AvgIpc) is 3.29. The van der Waals surface area contributed by atoms with Crippen LogP contribution in [0.25, 0.3) is 11.1 Å². The van der Waals surface area contributed by atoms with Gasteiger partial charge in [0.05, 0.1) is 0 Å². The van der Waals surface area contributed by atoms with Crippen LogP contribution in [0.4, 0.5) is 0 Å². The van der Waals surface area contributed by atoms with E-state index in [0.717, 1.165) is 6.42 Å². The first-order valence-electron chi connectivity index (χ1n) is 9.22. The molecule has 0 heteroatoms. The lowest BCUT2D eigenvalue weighted by molar-refractivity contribution is 1.02. The second kappa shape index (κ2) is 6.31. The predicted molar refractivity (Wildman–Crippen MR) is 109 cm³/mol. The van der Waals surface area contributed by atoms with Gasteiger partial charge < -0.3 is 0 Å². The minimum atomic E-state index is 0.348. The maximum absolute atomic E-state index is 2.35. The van der Waals surface area contributed by atoms with E-state index in [2.05, 4.69) is 103 Å². The van der Waals surface area contributed by atoms with E-state index in [1.807, 2.05) is 0 Å². The highest BCUT2D eigenvalue weighted by Crippen LogP contribution is 2.49. The molecule has 0 N–H and O–H groups in total. The Morgan fingerprint density at radius 2 is 1.27 bits per heavy atom. The molecule has 0 fully saturated rings. The Labute approximate surface area is 154 Å². The molecular weight excluding hydrogens is 312 g/mol. The Balaban J connectivity index is 1.50. The smallest absolute Gasteiger partial charge is 0.0352 e. The van der Waals surface area contributed by atoms with Gasteiger partial charge >= 0.3 is 0 Å². The zero-order valence-corrected chi connectivity index (χ0v) is 14.6. The predicted octanol–water partition coefficient (Wildman–Crippen LogP) is 6.46. The minimum Gasteiger partial charge on any atom is -0.0729 e. The lowest BCUT2D eigenvalue weighted by Gasteiger charge is -2.13. The Morgan fingerprint density at radius 3 is 1.96 bits per heavy atom. The zero-order chi connectivity index (χ0) is 17.3. The van der Waals surface area contributed by atoms with Crippen molar-refractivity contribution in [3.8, 4) is 11.1 Å². The summed E-state index contributed by atoms with van der Waals surface area (Å²) in [7, 11) is 0. The second-order valence-electron chi connectivity index (χ2n) is 6.98. The maximum atomic E-state index is 2.35. The topological polar surface area (TPSA) is 0 Å². The van der Waals surface area contributed by atoms with Gasteiger partial charge in [0.25, 0.3) is 0 Å². The van der Waals surface area contributed by atoms with Crippen molar-refractivity contribution in [3.05, 3.63) is 131 Å². The van der Waals surface area contributed by atoms with Gasteiger partial charge in [0.15, 0.2) is 0 Å². The summed E-state index contributed by atoms with van der Waals surface area (Å²) in [6, 6.07) is 28.3. The van der Waals surface area contributed by atoms with E-state index in [9.17, 15) is 0 Å². The largest absolute Gasteiger partial charge is 0.0729 e. The number of allylic oxidation sites excluding steroid dienone is 6. The molecule has 5 rings (SSSR count). The molecule has 0 heterocycles. The van der Waals surface area contributed by atoms with Crippen molar-refractivity contribution in [3.63, 3.8) is 0 Å². The van der Waals surface area contributed by atoms with E-state index in [-0.39, 0.29) is 0 Å². The first kappa shape index (κ1) is 15.2. The Morgan fingerprint density at radius 1 is 0.654 bits per heavy atom. The number of hydrogen-bond acceptors (Lipinski definition) is 0. The maximum Gasteiger partial charge on any atom is 0.0352 e. The molecule has 2 aliphatic carbocycles. The zero-order valence-electron chi connectivity index (χ0n) is 14.6. The highest BCUT2D eigenvalue weighted by atomic mass is 14.3. The molecule has 124 valence electrons. The molecule has 2 aliphatic rings. The van der Waals surface area contributed by atoms with Gasteiger partial charge in [0.2, 0.25) is 0 Å². The molecule has 0 aliphatic heterocycles. The summed E-state index contributed by atoms with van der Waals surface area (Å²) in [6.07, 6.45) is 10.2. The van der Waals surface area contributed by atoms with Crippen molar-refractivity contribution < 1.29 is 0 Å². The van der Waals surface area contributed by atoms with Gasteiger partial charge in [-0.3, -0.25) is 0 Å². The summed E-state index contributed by atoms with van der Waals surface area (Å²) in [5.41, 5.74) is 9.66. The normalized spacial score (nSPS) is 16.6. The molecule has 3 aromatic carbocycles. The van der Waals surface area contributed by atoms with Gasteiger partial charge in [-0.25, -0.2) is 0 Å². The van der Waals surface area contributed by atoms with E-state index in [1.165, 1.54) is 39.0 Å². The van der Waals surface area contributed by atoms with Gasteiger partial charge in [-0.05, 0) is 45.4 Å². The molecule has 0 atom stereocenters. The van der Waals surface area contributed by atoms with Crippen molar-refractivity contribution in [2.45, 2.75) is 12.3 Å². The second-order valence-corrected chi connectivity index (χ2v) is 6.98. The van der Waals surface area contributed by atoms with E-state index >= 15 is 0 Å². The van der Waals surface area contributed by atoms with Crippen LogP contribution in [0, 0.1) is 0 Å². The summed E-state index contributed by atoms with van der Waals surface area (Å²) in [4.78, 5) is 0. The SMILES string of the molecule is C1=CC(C2c3ccccc3-c3ccccc32)=CC1=CCc1ccccc1. The average molecular weight is 332 g/mol. The van der Waals surface area contributed by atoms with Gasteiger partial charge in [0, 0.05) is 5.92 Å². The number of fused-ring (bicyclic) bond motifs is 3. The lowest BCUT2D eigenvalue weighted by Crippen LogP contribution is -1.98. The molecule has 3 aromatic rings. The fraction of sp³-hybridized carbons (Fsp3) is 0.0769. The van der Waals surface area contributed by atoms with Crippen LogP contribution in [0.2, 0.25) is 0 Å². The molecule has 26 heavy (non-hydrogen) atoms. The lowest BCUT2D eigenvalue weighted by atomic mass is 9.89. The van der Waals surface area contributed by atoms with Crippen molar-refractivity contribution in [1.29, 1.82) is 0 Å². The number of rotatable bonds is 3.